The van der Waals surface area contributed by atoms with E-state index in [9.17, 15) is 43.5 Å². The monoisotopic (exact) mass is 902 g/mol. The molecular weight excluding hydrogens is 837 g/mol. The van der Waals surface area contributed by atoms with Gasteiger partial charge in [-0.15, -0.1) is 0 Å². The topological polar surface area (TPSA) is 289 Å². The third-order valence-electron chi connectivity index (χ3n) is 11.0. The number of carbonyl (C=O) groups is 8. The van der Waals surface area contributed by atoms with Gasteiger partial charge in [0, 0.05) is 43.4 Å². The first kappa shape index (κ1) is 50.5. The highest BCUT2D eigenvalue weighted by Crippen LogP contribution is 2.33. The molecule has 3 aliphatic heterocycles. The summed E-state index contributed by atoms with van der Waals surface area (Å²) in [7, 11) is 0. The number of hydrogen-bond donors (Lipinski definition) is 9. The van der Waals surface area contributed by atoms with Crippen molar-refractivity contribution in [3.8, 4) is 5.75 Å². The first-order chi connectivity index (χ1) is 30.1. The van der Waals surface area contributed by atoms with Crippen LogP contribution in [0.2, 0.25) is 0 Å². The molecular formula is C43H66N8O11S. The second kappa shape index (κ2) is 25.9. The van der Waals surface area contributed by atoms with Crippen molar-refractivity contribution < 1.29 is 52.9 Å². The van der Waals surface area contributed by atoms with E-state index >= 15 is 0 Å². The number of phenols is 1. The van der Waals surface area contributed by atoms with Crippen LogP contribution in [0.25, 0.3) is 0 Å². The van der Waals surface area contributed by atoms with E-state index in [1.54, 1.807) is 19.1 Å². The van der Waals surface area contributed by atoms with Crippen LogP contribution in [0.4, 0.5) is 4.79 Å². The summed E-state index contributed by atoms with van der Waals surface area (Å²) in [6.45, 7) is 6.22. The van der Waals surface area contributed by atoms with Crippen LogP contribution in [0, 0.1) is 5.92 Å². The summed E-state index contributed by atoms with van der Waals surface area (Å²) in [4.78, 5) is 101. The number of esters is 1. The van der Waals surface area contributed by atoms with Crippen LogP contribution in [-0.2, 0) is 49.5 Å². The Labute approximate surface area is 373 Å². The minimum Gasteiger partial charge on any atom is -0.508 e. The number of nitrogens with one attached hydrogen (secondary N) is 7. The van der Waals surface area contributed by atoms with Crippen molar-refractivity contribution in [2.45, 2.75) is 152 Å². The molecule has 350 valence electrons. The lowest BCUT2D eigenvalue weighted by atomic mass is 10.0. The second-order valence-corrected chi connectivity index (χ2v) is 18.0. The molecule has 19 nitrogen and oxygen atoms in total. The number of urea groups is 1. The molecule has 3 saturated heterocycles. The molecule has 3 fully saturated rings. The molecule has 63 heavy (non-hydrogen) atoms. The maximum atomic E-state index is 13.6. The van der Waals surface area contributed by atoms with Gasteiger partial charge in [0.1, 0.15) is 23.9 Å². The molecule has 20 heteroatoms. The third kappa shape index (κ3) is 17.5. The van der Waals surface area contributed by atoms with Crippen LogP contribution in [-0.4, -0.2) is 126 Å². The molecule has 1 aromatic rings. The predicted octanol–water partition coefficient (Wildman–Crippen LogP) is 0.940. The number of phenolic OH excluding ortho intramolecular Hbond substituents is 1. The molecule has 0 saturated carbocycles. The van der Waals surface area contributed by atoms with E-state index in [0.717, 1.165) is 25.0 Å². The number of unbranched alkanes of at least 4 members (excludes halogenated alkanes) is 4. The van der Waals surface area contributed by atoms with Gasteiger partial charge in [0.05, 0.1) is 18.7 Å². The third-order valence-corrected chi connectivity index (χ3v) is 12.5. The van der Waals surface area contributed by atoms with Crippen LogP contribution >= 0.6 is 11.8 Å². The molecule has 8 amide bonds. The van der Waals surface area contributed by atoms with Crippen LogP contribution < -0.4 is 43.0 Å². The van der Waals surface area contributed by atoms with Gasteiger partial charge in [0.15, 0.2) is 12.2 Å². The number of fused-ring (bicyclic) bond motifs is 1. The molecule has 0 bridgehead atoms. The summed E-state index contributed by atoms with van der Waals surface area (Å²) in [5.41, 5.74) is 6.23. The molecule has 0 aromatic heterocycles. The number of thioether (sulfide) groups is 1. The number of ether oxygens (including phenoxy) is 2. The van der Waals surface area contributed by atoms with Crippen molar-refractivity contribution >= 4 is 59.2 Å². The Morgan fingerprint density at radius 2 is 1.52 bits per heavy atom. The van der Waals surface area contributed by atoms with Gasteiger partial charge in [-0.3, -0.25) is 28.8 Å². The summed E-state index contributed by atoms with van der Waals surface area (Å²) in [6.07, 6.45) is 4.53. The van der Waals surface area contributed by atoms with Gasteiger partial charge in [-0.2, -0.15) is 11.8 Å². The summed E-state index contributed by atoms with van der Waals surface area (Å²) >= 11 is 1.86. The standard InChI is InChI=1S/C43H66N8O11S/c1-4-61-42(59)37-36(62-37)41(58)49-29(22-25(2)3)40(57)48-30(23-26-16-18-27(52)19-17-26)39(56)46-21-10-5-6-15-34(54)47-28(38(44)55)12-9-11-20-45-33(53)14-8-7-13-32-35-31(24-63-32)50-43(60)51-35/h16-19,25,28-32,35-37,52H,4-15,20-24H2,1-3H3,(H2,44,55)(H,45,53)(H,46,56)(H,47,54)(H,48,57)(H,49,58)(H2,50,51,60). The number of carbonyl (C=O) groups excluding carboxylic acids is 8. The molecule has 3 aliphatic rings. The maximum absolute atomic E-state index is 13.6. The van der Waals surface area contributed by atoms with Crippen LogP contribution in [0.1, 0.15) is 103 Å². The number of amides is 8. The molecule has 3 heterocycles. The largest absolute Gasteiger partial charge is 0.508 e. The van der Waals surface area contributed by atoms with E-state index in [-0.39, 0.29) is 74.0 Å². The number of primary amides is 1. The van der Waals surface area contributed by atoms with Gasteiger partial charge in [-0.1, -0.05) is 38.8 Å². The minimum atomic E-state index is -1.07. The molecule has 1 aromatic carbocycles. The second-order valence-electron chi connectivity index (χ2n) is 16.7. The lowest BCUT2D eigenvalue weighted by molar-refractivity contribution is -0.144. The summed E-state index contributed by atoms with van der Waals surface area (Å²) in [5, 5.41) is 29.9. The molecule has 10 N–H and O–H groups in total. The first-order valence-corrected chi connectivity index (χ1v) is 23.2. The molecule has 8 atom stereocenters. The highest BCUT2D eigenvalue weighted by Gasteiger charge is 2.52. The summed E-state index contributed by atoms with van der Waals surface area (Å²) in [5.74, 6) is -2.41. The van der Waals surface area contributed by atoms with Crippen LogP contribution in [0.5, 0.6) is 5.75 Å². The summed E-state index contributed by atoms with van der Waals surface area (Å²) in [6, 6.07) is 3.57. The average molecular weight is 903 g/mol. The smallest absolute Gasteiger partial charge is 0.338 e. The highest BCUT2D eigenvalue weighted by molar-refractivity contribution is 8.00. The number of rotatable bonds is 29. The van der Waals surface area contributed by atoms with E-state index in [2.05, 4.69) is 37.2 Å². The highest BCUT2D eigenvalue weighted by atomic mass is 32.2. The van der Waals surface area contributed by atoms with Crippen molar-refractivity contribution in [2.75, 3.05) is 25.4 Å². The Morgan fingerprint density at radius 3 is 2.24 bits per heavy atom. The molecule has 4 rings (SSSR count). The van der Waals surface area contributed by atoms with E-state index in [4.69, 9.17) is 15.2 Å². The number of benzene rings is 1. The zero-order chi connectivity index (χ0) is 45.9. The fraction of sp³-hybridized carbons (Fsp3) is 0.674. The quantitative estimate of drug-likeness (QED) is 0.0235. The molecule has 8 unspecified atom stereocenters. The van der Waals surface area contributed by atoms with Crippen LogP contribution in [0.15, 0.2) is 24.3 Å². The number of epoxide rings is 1. The van der Waals surface area contributed by atoms with Gasteiger partial charge in [-0.05, 0) is 81.9 Å². The van der Waals surface area contributed by atoms with Gasteiger partial charge in [0.2, 0.25) is 29.5 Å². The van der Waals surface area contributed by atoms with E-state index in [1.165, 1.54) is 12.1 Å². The Bertz CT molecular complexity index is 1730. The lowest BCUT2D eigenvalue weighted by Crippen LogP contribution is -2.55. The van der Waals surface area contributed by atoms with Crippen molar-refractivity contribution in [2.24, 2.45) is 11.7 Å². The Balaban J connectivity index is 1.12. The van der Waals surface area contributed by atoms with Gasteiger partial charge >= 0.3 is 12.0 Å². The van der Waals surface area contributed by atoms with E-state index in [1.807, 2.05) is 25.6 Å². The average Bonchev–Trinajstić information content (AvgIpc) is 3.84. The SMILES string of the molecule is CCOC(=O)C1OC1C(=O)NC(CC(C)C)C(=O)NC(Cc1ccc(O)cc1)C(=O)NCCCCCC(=O)NC(CCCCNC(=O)CCCCC1SCC2NC(=O)NC21)C(N)=O. The molecule has 0 spiro atoms. The van der Waals surface area contributed by atoms with Gasteiger partial charge in [-0.25, -0.2) is 9.59 Å². The fourth-order valence-corrected chi connectivity index (χ4v) is 9.10. The van der Waals surface area contributed by atoms with Crippen molar-refractivity contribution in [1.29, 1.82) is 0 Å². The molecule has 0 radical (unpaired) electrons. The Kier molecular flexibility index (Phi) is 20.7. The first-order valence-electron chi connectivity index (χ1n) is 22.2. The Morgan fingerprint density at radius 1 is 0.825 bits per heavy atom. The van der Waals surface area contributed by atoms with Gasteiger partial charge in [0.25, 0.3) is 5.91 Å². The van der Waals surface area contributed by atoms with Crippen molar-refractivity contribution in [1.82, 2.24) is 37.2 Å². The zero-order valence-corrected chi connectivity index (χ0v) is 37.4. The van der Waals surface area contributed by atoms with Crippen molar-refractivity contribution in [3.05, 3.63) is 29.8 Å². The normalized spacial score (nSPS) is 21.1. The maximum Gasteiger partial charge on any atom is 0.338 e. The number of hydrogen-bond acceptors (Lipinski definition) is 12. The van der Waals surface area contributed by atoms with Gasteiger partial charge < -0.3 is 57.5 Å². The van der Waals surface area contributed by atoms with E-state index < -0.39 is 59.9 Å². The minimum absolute atomic E-state index is 0.0131. The fourth-order valence-electron chi connectivity index (χ4n) is 7.56. The van der Waals surface area contributed by atoms with E-state index in [0.29, 0.717) is 62.3 Å². The zero-order valence-electron chi connectivity index (χ0n) is 36.5. The number of aromatic hydroxyl groups is 1. The molecule has 0 aliphatic carbocycles. The number of nitrogens with two attached hydrogens (primary N) is 1. The van der Waals surface area contributed by atoms with Crippen molar-refractivity contribution in [3.63, 3.8) is 0 Å². The lowest BCUT2D eigenvalue weighted by Gasteiger charge is -2.24. The predicted molar refractivity (Wildman–Crippen MR) is 234 cm³/mol. The van der Waals surface area contributed by atoms with Crippen LogP contribution in [0.3, 0.4) is 0 Å². The summed E-state index contributed by atoms with van der Waals surface area (Å²) < 4.78 is 10.1. The Hall–Kier alpha value is -5.11.